The Balaban J connectivity index is 1.34. The van der Waals surface area contributed by atoms with E-state index in [1.54, 1.807) is 0 Å². The number of aromatic nitrogens is 1. The first-order valence-electron chi connectivity index (χ1n) is 9.23. The van der Waals surface area contributed by atoms with Crippen molar-refractivity contribution in [1.29, 1.82) is 0 Å². The molecule has 1 spiro atoms. The minimum atomic E-state index is 0.251. The van der Waals surface area contributed by atoms with E-state index in [1.807, 2.05) is 18.5 Å². The monoisotopic (exact) mass is 329 g/mol. The Morgan fingerprint density at radius 3 is 2.88 bits per heavy atom. The van der Waals surface area contributed by atoms with Gasteiger partial charge in [0, 0.05) is 63.1 Å². The molecule has 0 aromatic carbocycles. The average Bonchev–Trinajstić information content (AvgIpc) is 3.07. The maximum atomic E-state index is 12.5. The molecule has 3 saturated heterocycles. The molecule has 5 nitrogen and oxygen atoms in total. The molecule has 1 aromatic heterocycles. The highest BCUT2D eigenvalue weighted by molar-refractivity contribution is 5.77. The zero-order valence-corrected chi connectivity index (χ0v) is 14.3. The fraction of sp³-hybridized carbons (Fsp3) is 0.684. The van der Waals surface area contributed by atoms with Crippen molar-refractivity contribution in [3.63, 3.8) is 0 Å². The van der Waals surface area contributed by atoms with Gasteiger partial charge in [0.25, 0.3) is 0 Å². The minimum absolute atomic E-state index is 0.251. The SMILES string of the molecule is O=C1CCC2(CCOC2)CN1C1CCN(Cc2cccnc2)CC1. The Labute approximate surface area is 144 Å². The second-order valence-electron chi connectivity index (χ2n) is 7.69. The summed E-state index contributed by atoms with van der Waals surface area (Å²) in [7, 11) is 0. The number of carbonyl (C=O) groups excluding carboxylic acids is 1. The van der Waals surface area contributed by atoms with Crippen LogP contribution in [0.5, 0.6) is 0 Å². The molecule has 3 aliphatic rings. The van der Waals surface area contributed by atoms with Crippen molar-refractivity contribution in [2.24, 2.45) is 5.41 Å². The minimum Gasteiger partial charge on any atom is -0.381 e. The number of pyridine rings is 1. The molecule has 1 aromatic rings. The first kappa shape index (κ1) is 16.0. The molecule has 0 bridgehead atoms. The largest absolute Gasteiger partial charge is 0.381 e. The summed E-state index contributed by atoms with van der Waals surface area (Å²) in [4.78, 5) is 21.3. The van der Waals surface area contributed by atoms with E-state index in [9.17, 15) is 4.79 Å². The third-order valence-electron chi connectivity index (χ3n) is 6.01. The van der Waals surface area contributed by atoms with Crippen LogP contribution in [0, 0.1) is 5.41 Å². The van der Waals surface area contributed by atoms with Crippen molar-refractivity contribution in [3.05, 3.63) is 30.1 Å². The Hall–Kier alpha value is -1.46. The van der Waals surface area contributed by atoms with Crippen molar-refractivity contribution >= 4 is 5.91 Å². The summed E-state index contributed by atoms with van der Waals surface area (Å²) in [5, 5.41) is 0. The molecule has 5 heteroatoms. The van der Waals surface area contributed by atoms with Gasteiger partial charge in [-0.05, 0) is 37.3 Å². The Morgan fingerprint density at radius 2 is 2.17 bits per heavy atom. The van der Waals surface area contributed by atoms with Crippen LogP contribution in [0.1, 0.15) is 37.7 Å². The van der Waals surface area contributed by atoms with Gasteiger partial charge < -0.3 is 9.64 Å². The van der Waals surface area contributed by atoms with Crippen LogP contribution in [-0.2, 0) is 16.1 Å². The van der Waals surface area contributed by atoms with Crippen molar-refractivity contribution in [2.75, 3.05) is 32.8 Å². The van der Waals surface area contributed by atoms with Gasteiger partial charge in [-0.15, -0.1) is 0 Å². The molecule has 0 saturated carbocycles. The first-order chi connectivity index (χ1) is 11.7. The van der Waals surface area contributed by atoms with E-state index in [0.717, 1.165) is 65.1 Å². The summed E-state index contributed by atoms with van der Waals surface area (Å²) in [6.45, 7) is 5.72. The zero-order valence-electron chi connectivity index (χ0n) is 14.3. The second-order valence-corrected chi connectivity index (χ2v) is 7.69. The molecule has 3 fully saturated rings. The first-order valence-corrected chi connectivity index (χ1v) is 9.23. The van der Waals surface area contributed by atoms with Crippen LogP contribution in [0.25, 0.3) is 0 Å². The molecule has 24 heavy (non-hydrogen) atoms. The smallest absolute Gasteiger partial charge is 0.222 e. The molecule has 1 atom stereocenters. The summed E-state index contributed by atoms with van der Waals surface area (Å²) < 4.78 is 5.64. The number of amides is 1. The van der Waals surface area contributed by atoms with Gasteiger partial charge in [0.2, 0.25) is 5.91 Å². The lowest BCUT2D eigenvalue weighted by Gasteiger charge is -2.45. The summed E-state index contributed by atoms with van der Waals surface area (Å²) in [6, 6.07) is 4.55. The maximum absolute atomic E-state index is 12.5. The van der Waals surface area contributed by atoms with Gasteiger partial charge in [-0.25, -0.2) is 0 Å². The lowest BCUT2D eigenvalue weighted by Crippen LogP contribution is -2.54. The number of carbonyl (C=O) groups is 1. The third kappa shape index (κ3) is 3.33. The molecule has 0 aliphatic carbocycles. The van der Waals surface area contributed by atoms with Crippen LogP contribution in [0.15, 0.2) is 24.5 Å². The van der Waals surface area contributed by atoms with Crippen molar-refractivity contribution in [3.8, 4) is 0 Å². The molecule has 3 aliphatic heterocycles. The Bertz CT molecular complexity index is 563. The van der Waals surface area contributed by atoms with Crippen molar-refractivity contribution < 1.29 is 9.53 Å². The van der Waals surface area contributed by atoms with Crippen LogP contribution in [-0.4, -0.2) is 59.6 Å². The van der Waals surface area contributed by atoms with Gasteiger partial charge in [0.15, 0.2) is 0 Å². The number of hydrogen-bond donors (Lipinski definition) is 0. The average molecular weight is 329 g/mol. The standard InChI is InChI=1S/C19H27N3O2/c23-18-3-6-19(7-11-24-15-19)14-22(18)17-4-9-21(10-5-17)13-16-2-1-8-20-12-16/h1-2,8,12,17H,3-7,9-11,13-15H2. The summed E-state index contributed by atoms with van der Waals surface area (Å²) in [5.41, 5.74) is 1.52. The molecule has 4 rings (SSSR count). The van der Waals surface area contributed by atoms with Crippen LogP contribution >= 0.6 is 0 Å². The zero-order chi connectivity index (χ0) is 16.4. The lowest BCUT2D eigenvalue weighted by atomic mass is 9.78. The molecule has 0 radical (unpaired) electrons. The number of nitrogens with zero attached hydrogens (tertiary/aromatic N) is 3. The lowest BCUT2D eigenvalue weighted by molar-refractivity contribution is -0.142. The van der Waals surface area contributed by atoms with E-state index in [-0.39, 0.29) is 5.41 Å². The van der Waals surface area contributed by atoms with Gasteiger partial charge in [0.1, 0.15) is 0 Å². The van der Waals surface area contributed by atoms with Crippen LogP contribution in [0.2, 0.25) is 0 Å². The predicted octanol–water partition coefficient (Wildman–Crippen LogP) is 2.08. The van der Waals surface area contributed by atoms with Gasteiger partial charge in [-0.2, -0.15) is 0 Å². The van der Waals surface area contributed by atoms with E-state index in [1.165, 1.54) is 5.56 Å². The fourth-order valence-corrected chi connectivity index (χ4v) is 4.49. The normalized spacial score (nSPS) is 29.5. The van der Waals surface area contributed by atoms with Gasteiger partial charge in [0.05, 0.1) is 6.61 Å². The Kier molecular flexibility index (Phi) is 4.55. The summed E-state index contributed by atoms with van der Waals surface area (Å²) >= 11 is 0. The van der Waals surface area contributed by atoms with E-state index in [0.29, 0.717) is 18.4 Å². The highest BCUT2D eigenvalue weighted by atomic mass is 16.5. The van der Waals surface area contributed by atoms with Crippen LogP contribution in [0.3, 0.4) is 0 Å². The maximum Gasteiger partial charge on any atom is 0.222 e. The molecule has 0 N–H and O–H groups in total. The molecular weight excluding hydrogens is 302 g/mol. The summed E-state index contributed by atoms with van der Waals surface area (Å²) in [6.07, 6.45) is 8.79. The molecule has 130 valence electrons. The summed E-state index contributed by atoms with van der Waals surface area (Å²) in [5.74, 6) is 0.359. The third-order valence-corrected chi connectivity index (χ3v) is 6.01. The molecule has 4 heterocycles. The van der Waals surface area contributed by atoms with E-state index in [2.05, 4.69) is 20.9 Å². The van der Waals surface area contributed by atoms with Gasteiger partial charge >= 0.3 is 0 Å². The predicted molar refractivity (Wildman–Crippen MR) is 91.4 cm³/mol. The van der Waals surface area contributed by atoms with Crippen molar-refractivity contribution in [1.82, 2.24) is 14.8 Å². The number of likely N-dealkylation sites (tertiary alicyclic amines) is 2. The number of ether oxygens (including phenoxy) is 1. The van der Waals surface area contributed by atoms with Crippen molar-refractivity contribution in [2.45, 2.75) is 44.7 Å². The van der Waals surface area contributed by atoms with Crippen LogP contribution < -0.4 is 0 Å². The Morgan fingerprint density at radius 1 is 1.29 bits per heavy atom. The van der Waals surface area contributed by atoms with E-state index < -0.39 is 0 Å². The molecule has 1 unspecified atom stereocenters. The number of piperidine rings is 2. The highest BCUT2D eigenvalue weighted by Gasteiger charge is 2.43. The van der Waals surface area contributed by atoms with E-state index >= 15 is 0 Å². The fourth-order valence-electron chi connectivity index (χ4n) is 4.49. The topological polar surface area (TPSA) is 45.7 Å². The van der Waals surface area contributed by atoms with Gasteiger partial charge in [-0.1, -0.05) is 6.07 Å². The quantitative estimate of drug-likeness (QED) is 0.852. The van der Waals surface area contributed by atoms with Gasteiger partial charge in [-0.3, -0.25) is 14.7 Å². The van der Waals surface area contributed by atoms with Crippen LogP contribution in [0.4, 0.5) is 0 Å². The number of hydrogen-bond acceptors (Lipinski definition) is 4. The molecule has 1 amide bonds. The highest BCUT2D eigenvalue weighted by Crippen LogP contribution is 2.39. The van der Waals surface area contributed by atoms with E-state index in [4.69, 9.17) is 4.74 Å². The molecular formula is C19H27N3O2. The number of rotatable bonds is 3. The second kappa shape index (κ2) is 6.81.